The fraction of sp³-hybridized carbons (Fsp3) is 0.435. The first-order valence-electron chi connectivity index (χ1n) is 10.3. The third-order valence-electron chi connectivity index (χ3n) is 6.31. The average Bonchev–Trinajstić information content (AvgIpc) is 3.51. The molecule has 0 saturated heterocycles. The second-order valence-corrected chi connectivity index (χ2v) is 8.25. The molecule has 1 N–H and O–H groups in total. The first-order chi connectivity index (χ1) is 13.7. The second kappa shape index (κ2) is 7.04. The normalized spacial score (nSPS) is 22.4. The predicted octanol–water partition coefficient (Wildman–Crippen LogP) is 4.72. The molecule has 5 nitrogen and oxygen atoms in total. The Morgan fingerprint density at radius 2 is 1.86 bits per heavy atom. The van der Waals surface area contributed by atoms with Crippen LogP contribution in [0.4, 0.5) is 0 Å². The number of nitrogens with zero attached hydrogens (tertiary/aromatic N) is 3. The zero-order valence-electron chi connectivity index (χ0n) is 15.9. The Morgan fingerprint density at radius 3 is 2.61 bits per heavy atom. The highest BCUT2D eigenvalue weighted by Gasteiger charge is 2.32. The van der Waals surface area contributed by atoms with Crippen molar-refractivity contribution in [3.8, 4) is 0 Å². The summed E-state index contributed by atoms with van der Waals surface area (Å²) in [6, 6.07) is 12.5. The topological polar surface area (TPSA) is 68.0 Å². The van der Waals surface area contributed by atoms with Gasteiger partial charge in [-0.15, -0.1) is 0 Å². The van der Waals surface area contributed by atoms with Crippen molar-refractivity contribution >= 4 is 17.1 Å². The lowest BCUT2D eigenvalue weighted by molar-refractivity contribution is -0.143. The number of pyridine rings is 1. The number of carboxylic acid groups (broad SMARTS) is 1. The highest BCUT2D eigenvalue weighted by atomic mass is 16.4. The van der Waals surface area contributed by atoms with Gasteiger partial charge in [-0.1, -0.05) is 37.1 Å². The summed E-state index contributed by atoms with van der Waals surface area (Å²) < 4.78 is 2.25. The summed E-state index contributed by atoms with van der Waals surface area (Å²) in [5.74, 6) is 0.947. The number of aromatic nitrogens is 3. The van der Waals surface area contributed by atoms with Gasteiger partial charge in [-0.05, 0) is 54.9 Å². The molecule has 3 aromatic rings. The molecule has 0 amide bonds. The smallest absolute Gasteiger partial charge is 0.307 e. The molecule has 2 aliphatic rings. The standard InChI is InChI=1S/C23H25N3O2/c27-23(28)19-5-2-1-4-18(19)16-9-7-15(8-10-16)14-26-21(17-11-12-17)25-20-6-3-13-24-22(20)26/h3,6-10,13,17-19H,1-2,4-5,11-12,14H2,(H,27,28)/t18?,19-/m0/s1. The molecule has 5 heteroatoms. The molecule has 1 aromatic carbocycles. The fourth-order valence-corrected chi connectivity index (χ4v) is 4.66. The quantitative estimate of drug-likeness (QED) is 0.701. The molecule has 1 unspecified atom stereocenters. The van der Waals surface area contributed by atoms with E-state index in [4.69, 9.17) is 4.98 Å². The van der Waals surface area contributed by atoms with Crippen molar-refractivity contribution in [2.45, 2.75) is 56.9 Å². The number of rotatable bonds is 5. The van der Waals surface area contributed by atoms with E-state index in [0.717, 1.165) is 54.8 Å². The summed E-state index contributed by atoms with van der Waals surface area (Å²) in [5, 5.41) is 9.57. The van der Waals surface area contributed by atoms with Gasteiger partial charge in [-0.3, -0.25) is 4.79 Å². The van der Waals surface area contributed by atoms with E-state index < -0.39 is 5.97 Å². The van der Waals surface area contributed by atoms with Crippen LogP contribution in [0.25, 0.3) is 11.2 Å². The van der Waals surface area contributed by atoms with Gasteiger partial charge in [0.25, 0.3) is 0 Å². The number of hydrogen-bond acceptors (Lipinski definition) is 3. The van der Waals surface area contributed by atoms with Crippen molar-refractivity contribution < 1.29 is 9.90 Å². The van der Waals surface area contributed by atoms with E-state index in [9.17, 15) is 9.90 Å². The van der Waals surface area contributed by atoms with Crippen molar-refractivity contribution in [2.75, 3.05) is 0 Å². The molecule has 0 radical (unpaired) electrons. The van der Waals surface area contributed by atoms with E-state index in [1.54, 1.807) is 0 Å². The summed E-state index contributed by atoms with van der Waals surface area (Å²) in [4.78, 5) is 21.0. The molecule has 0 spiro atoms. The van der Waals surface area contributed by atoms with Crippen molar-refractivity contribution in [3.05, 3.63) is 59.5 Å². The average molecular weight is 375 g/mol. The Morgan fingerprint density at radius 1 is 1.07 bits per heavy atom. The van der Waals surface area contributed by atoms with Crippen LogP contribution in [-0.4, -0.2) is 25.6 Å². The van der Waals surface area contributed by atoms with Gasteiger partial charge in [0.15, 0.2) is 5.65 Å². The second-order valence-electron chi connectivity index (χ2n) is 8.25. The summed E-state index contributed by atoms with van der Waals surface area (Å²) in [5.41, 5.74) is 4.28. The molecular weight excluding hydrogens is 350 g/mol. The molecule has 2 fully saturated rings. The fourth-order valence-electron chi connectivity index (χ4n) is 4.66. The zero-order valence-corrected chi connectivity index (χ0v) is 15.9. The lowest BCUT2D eigenvalue weighted by Gasteiger charge is -2.29. The minimum absolute atomic E-state index is 0.137. The molecule has 2 aliphatic carbocycles. The summed E-state index contributed by atoms with van der Waals surface area (Å²) in [6.45, 7) is 0.757. The number of carbonyl (C=O) groups is 1. The van der Waals surface area contributed by atoms with E-state index in [1.165, 1.54) is 18.4 Å². The number of hydrogen-bond donors (Lipinski definition) is 1. The predicted molar refractivity (Wildman–Crippen MR) is 107 cm³/mol. The number of aliphatic carboxylic acids is 1. The monoisotopic (exact) mass is 375 g/mol. The van der Waals surface area contributed by atoms with Gasteiger partial charge in [0.2, 0.25) is 0 Å². The molecule has 5 rings (SSSR count). The molecule has 2 saturated carbocycles. The van der Waals surface area contributed by atoms with Crippen LogP contribution in [0, 0.1) is 5.92 Å². The largest absolute Gasteiger partial charge is 0.481 e. The van der Waals surface area contributed by atoms with Crippen molar-refractivity contribution in [1.82, 2.24) is 14.5 Å². The third-order valence-corrected chi connectivity index (χ3v) is 6.31. The third kappa shape index (κ3) is 3.19. The van der Waals surface area contributed by atoms with Crippen LogP contribution in [0.5, 0.6) is 0 Å². The maximum Gasteiger partial charge on any atom is 0.307 e. The summed E-state index contributed by atoms with van der Waals surface area (Å²) in [6.07, 6.45) is 8.15. The molecule has 0 aliphatic heterocycles. The zero-order chi connectivity index (χ0) is 19.1. The lowest BCUT2D eigenvalue weighted by Crippen LogP contribution is -2.25. The van der Waals surface area contributed by atoms with Gasteiger partial charge >= 0.3 is 5.97 Å². The summed E-state index contributed by atoms with van der Waals surface area (Å²) in [7, 11) is 0. The number of imidazole rings is 1. The SMILES string of the molecule is O=C(O)[C@H]1CCCCC1c1ccc(Cn2c(C3CC3)nc3cccnc32)cc1. The maximum absolute atomic E-state index is 11.6. The highest BCUT2D eigenvalue weighted by Crippen LogP contribution is 2.41. The van der Waals surface area contributed by atoms with Crippen LogP contribution < -0.4 is 0 Å². The van der Waals surface area contributed by atoms with E-state index in [0.29, 0.717) is 5.92 Å². The Balaban J connectivity index is 1.42. The Kier molecular flexibility index (Phi) is 4.38. The van der Waals surface area contributed by atoms with Crippen molar-refractivity contribution in [1.29, 1.82) is 0 Å². The van der Waals surface area contributed by atoms with Gasteiger partial charge < -0.3 is 9.67 Å². The van der Waals surface area contributed by atoms with Gasteiger partial charge in [0, 0.05) is 12.1 Å². The van der Waals surface area contributed by atoms with Gasteiger partial charge in [-0.25, -0.2) is 9.97 Å². The minimum atomic E-state index is -0.654. The van der Waals surface area contributed by atoms with E-state index >= 15 is 0 Å². The lowest BCUT2D eigenvalue weighted by atomic mass is 9.75. The van der Waals surface area contributed by atoms with E-state index in [-0.39, 0.29) is 11.8 Å². The Hall–Kier alpha value is -2.69. The number of carboxylic acids is 1. The first-order valence-corrected chi connectivity index (χ1v) is 10.3. The first kappa shape index (κ1) is 17.4. The van der Waals surface area contributed by atoms with Gasteiger partial charge in [0.1, 0.15) is 11.3 Å². The molecule has 0 bridgehead atoms. The summed E-state index contributed by atoms with van der Waals surface area (Å²) >= 11 is 0. The van der Waals surface area contributed by atoms with E-state index in [2.05, 4.69) is 33.8 Å². The van der Waals surface area contributed by atoms with Crippen LogP contribution in [0.1, 0.15) is 67.3 Å². The molecular formula is C23H25N3O2. The maximum atomic E-state index is 11.6. The van der Waals surface area contributed by atoms with Crippen molar-refractivity contribution in [3.63, 3.8) is 0 Å². The van der Waals surface area contributed by atoms with Crippen LogP contribution in [0.2, 0.25) is 0 Å². The van der Waals surface area contributed by atoms with Crippen LogP contribution in [-0.2, 0) is 11.3 Å². The number of benzene rings is 1. The Bertz CT molecular complexity index is 1000. The number of fused-ring (bicyclic) bond motifs is 1. The molecule has 2 heterocycles. The van der Waals surface area contributed by atoms with Crippen LogP contribution >= 0.6 is 0 Å². The molecule has 2 aromatic heterocycles. The highest BCUT2D eigenvalue weighted by molar-refractivity contribution is 5.72. The van der Waals surface area contributed by atoms with Gasteiger partial charge in [0.05, 0.1) is 12.5 Å². The Labute approximate surface area is 164 Å². The van der Waals surface area contributed by atoms with Crippen molar-refractivity contribution in [2.24, 2.45) is 5.92 Å². The molecule has 2 atom stereocenters. The minimum Gasteiger partial charge on any atom is -0.481 e. The van der Waals surface area contributed by atoms with Crippen LogP contribution in [0.15, 0.2) is 42.6 Å². The van der Waals surface area contributed by atoms with E-state index in [1.807, 2.05) is 18.3 Å². The molecule has 144 valence electrons. The molecule has 28 heavy (non-hydrogen) atoms. The van der Waals surface area contributed by atoms with Gasteiger partial charge in [-0.2, -0.15) is 0 Å². The van der Waals surface area contributed by atoms with Crippen LogP contribution in [0.3, 0.4) is 0 Å².